The van der Waals surface area contributed by atoms with Gasteiger partial charge in [-0.25, -0.2) is 8.42 Å². The fraction of sp³-hybridized carbons (Fsp3) is 0.375. The molecule has 7 nitrogen and oxygen atoms in total. The van der Waals surface area contributed by atoms with Crippen molar-refractivity contribution in [1.82, 2.24) is 10.2 Å². The van der Waals surface area contributed by atoms with Gasteiger partial charge in [0.25, 0.3) is 0 Å². The Bertz CT molecular complexity index is 1470. The topological polar surface area (TPSA) is 86.8 Å². The molecule has 0 radical (unpaired) electrons. The first-order valence-electron chi connectivity index (χ1n) is 14.1. The minimum absolute atomic E-state index is 0.0426. The number of sulfonamides is 1. The molecule has 0 aliphatic heterocycles. The van der Waals surface area contributed by atoms with Crippen LogP contribution in [-0.2, 0) is 32.6 Å². The van der Waals surface area contributed by atoms with Gasteiger partial charge in [-0.2, -0.15) is 0 Å². The summed E-state index contributed by atoms with van der Waals surface area (Å²) < 4.78 is 26.9. The van der Waals surface area contributed by atoms with Gasteiger partial charge in [0.2, 0.25) is 21.8 Å². The van der Waals surface area contributed by atoms with Crippen molar-refractivity contribution >= 4 is 50.7 Å². The van der Waals surface area contributed by atoms with Crippen molar-refractivity contribution < 1.29 is 18.0 Å². The predicted molar refractivity (Wildman–Crippen MR) is 169 cm³/mol. The first kappa shape index (κ1) is 31.9. The lowest BCUT2D eigenvalue weighted by Crippen LogP contribution is -2.55. The molecular formula is C32H37Cl2N3O4S. The van der Waals surface area contributed by atoms with Crippen LogP contribution >= 0.6 is 23.2 Å². The summed E-state index contributed by atoms with van der Waals surface area (Å²) in [4.78, 5) is 29.8. The number of rotatable bonds is 11. The highest BCUT2D eigenvalue weighted by Gasteiger charge is 2.34. The third-order valence-corrected chi connectivity index (χ3v) is 9.22. The Labute approximate surface area is 258 Å². The molecule has 4 rings (SSSR count). The molecule has 1 aliphatic rings. The van der Waals surface area contributed by atoms with E-state index in [1.165, 1.54) is 23.1 Å². The number of carbonyl (C=O) groups excluding carboxylic acids is 2. The zero-order valence-corrected chi connectivity index (χ0v) is 26.3. The molecule has 3 aromatic rings. The Morgan fingerprint density at radius 2 is 1.55 bits per heavy atom. The van der Waals surface area contributed by atoms with Crippen LogP contribution < -0.4 is 9.62 Å². The summed E-state index contributed by atoms with van der Waals surface area (Å²) >= 11 is 12.4. The van der Waals surface area contributed by atoms with Crippen molar-refractivity contribution in [2.24, 2.45) is 0 Å². The van der Waals surface area contributed by atoms with E-state index < -0.39 is 28.5 Å². The van der Waals surface area contributed by atoms with Crippen LogP contribution in [0.4, 0.5) is 5.69 Å². The van der Waals surface area contributed by atoms with Crippen LogP contribution in [-0.4, -0.2) is 50.0 Å². The van der Waals surface area contributed by atoms with E-state index in [0.29, 0.717) is 0 Å². The largest absolute Gasteiger partial charge is 0.352 e. The van der Waals surface area contributed by atoms with Gasteiger partial charge >= 0.3 is 0 Å². The van der Waals surface area contributed by atoms with Gasteiger partial charge in [-0.05, 0) is 54.7 Å². The molecule has 0 heterocycles. The van der Waals surface area contributed by atoms with Gasteiger partial charge in [0.05, 0.1) is 11.9 Å². The summed E-state index contributed by atoms with van der Waals surface area (Å²) in [6.07, 6.45) is 6.33. The first-order chi connectivity index (χ1) is 20.0. The average molecular weight is 631 g/mol. The van der Waals surface area contributed by atoms with Crippen molar-refractivity contribution in [3.63, 3.8) is 0 Å². The Morgan fingerprint density at radius 3 is 2.17 bits per heavy atom. The molecule has 0 spiro atoms. The number of hydrogen-bond donors (Lipinski definition) is 1. The molecule has 0 aromatic heterocycles. The molecule has 0 bridgehead atoms. The van der Waals surface area contributed by atoms with Crippen molar-refractivity contribution in [3.8, 4) is 0 Å². The second-order valence-corrected chi connectivity index (χ2v) is 13.7. The van der Waals surface area contributed by atoms with Gasteiger partial charge in [0.15, 0.2) is 0 Å². The number of carbonyl (C=O) groups is 2. The molecule has 1 saturated carbocycles. The lowest BCUT2D eigenvalue weighted by Gasteiger charge is -2.35. The molecule has 1 fully saturated rings. The lowest BCUT2D eigenvalue weighted by molar-refractivity contribution is -0.140. The number of aryl methyl sites for hydroxylation is 1. The fourth-order valence-electron chi connectivity index (χ4n) is 5.37. The van der Waals surface area contributed by atoms with Crippen molar-refractivity contribution in [2.75, 3.05) is 17.1 Å². The minimum atomic E-state index is -3.92. The second kappa shape index (κ2) is 14.4. The summed E-state index contributed by atoms with van der Waals surface area (Å²) in [5, 5.41) is 3.69. The maximum Gasteiger partial charge on any atom is 0.244 e. The minimum Gasteiger partial charge on any atom is -0.352 e. The Morgan fingerprint density at radius 1 is 0.929 bits per heavy atom. The fourth-order valence-corrected chi connectivity index (χ4v) is 6.71. The van der Waals surface area contributed by atoms with Gasteiger partial charge in [-0.3, -0.25) is 13.9 Å². The summed E-state index contributed by atoms with van der Waals surface area (Å²) in [6.45, 7) is 1.56. The van der Waals surface area contributed by atoms with Crippen LogP contribution in [0.1, 0.15) is 48.8 Å². The normalized spacial score (nSPS) is 14.7. The quantitative estimate of drug-likeness (QED) is 0.275. The first-order valence-corrected chi connectivity index (χ1v) is 16.7. The summed E-state index contributed by atoms with van der Waals surface area (Å²) in [5.74, 6) is -0.760. The summed E-state index contributed by atoms with van der Waals surface area (Å²) in [7, 11) is -3.92. The standard InChI is InChI=1S/C32H37Cl2N3O4S/c1-23-11-9-10-14-25(23)21-36(31(38)22-37(42(2,40)41)29-19-26(33)18-27(34)20-29)30(17-24-12-5-3-6-13-24)32(39)35-28-15-7-4-8-16-28/h3,5-6,9-14,18-20,28,30H,4,7-8,15-17,21-22H2,1-2H3,(H,35,39). The molecule has 224 valence electrons. The highest BCUT2D eigenvalue weighted by atomic mass is 35.5. The van der Waals surface area contributed by atoms with E-state index in [1.807, 2.05) is 61.5 Å². The van der Waals surface area contributed by atoms with Crippen molar-refractivity contribution in [2.45, 2.75) is 64.1 Å². The zero-order valence-electron chi connectivity index (χ0n) is 23.9. The van der Waals surface area contributed by atoms with Crippen LogP contribution in [0.3, 0.4) is 0 Å². The smallest absolute Gasteiger partial charge is 0.244 e. The highest BCUT2D eigenvalue weighted by Crippen LogP contribution is 2.28. The average Bonchev–Trinajstić information content (AvgIpc) is 2.94. The monoisotopic (exact) mass is 629 g/mol. The van der Waals surface area contributed by atoms with Gasteiger partial charge in [-0.1, -0.05) is 97.1 Å². The van der Waals surface area contributed by atoms with E-state index in [-0.39, 0.29) is 40.6 Å². The number of nitrogens with one attached hydrogen (secondary N) is 1. The predicted octanol–water partition coefficient (Wildman–Crippen LogP) is 6.16. The molecule has 1 unspecified atom stereocenters. The van der Waals surface area contributed by atoms with Crippen LogP contribution in [0.25, 0.3) is 0 Å². The van der Waals surface area contributed by atoms with Crippen LogP contribution in [0.2, 0.25) is 10.0 Å². The SMILES string of the molecule is Cc1ccccc1CN(C(=O)CN(c1cc(Cl)cc(Cl)c1)S(C)(=O)=O)C(Cc1ccccc1)C(=O)NC1CCCCC1. The van der Waals surface area contributed by atoms with Crippen LogP contribution in [0.15, 0.2) is 72.8 Å². The van der Waals surface area contributed by atoms with Crippen molar-refractivity contribution in [1.29, 1.82) is 0 Å². The van der Waals surface area contributed by atoms with Crippen LogP contribution in [0.5, 0.6) is 0 Å². The second-order valence-electron chi connectivity index (χ2n) is 10.9. The molecule has 1 atom stereocenters. The number of hydrogen-bond acceptors (Lipinski definition) is 4. The van der Waals surface area contributed by atoms with E-state index in [4.69, 9.17) is 23.2 Å². The molecular weight excluding hydrogens is 593 g/mol. The van der Waals surface area contributed by atoms with E-state index >= 15 is 0 Å². The zero-order chi connectivity index (χ0) is 30.3. The summed E-state index contributed by atoms with van der Waals surface area (Å²) in [6, 6.07) is 20.8. The number of halogens is 2. The van der Waals surface area contributed by atoms with E-state index in [2.05, 4.69) is 5.32 Å². The molecule has 1 aliphatic carbocycles. The maximum atomic E-state index is 14.3. The number of benzene rings is 3. The molecule has 2 amide bonds. The lowest BCUT2D eigenvalue weighted by atomic mass is 9.94. The third-order valence-electron chi connectivity index (χ3n) is 7.64. The number of anilines is 1. The number of nitrogens with zero attached hydrogens (tertiary/aromatic N) is 2. The molecule has 42 heavy (non-hydrogen) atoms. The van der Waals surface area contributed by atoms with Gasteiger partial charge < -0.3 is 10.2 Å². The highest BCUT2D eigenvalue weighted by molar-refractivity contribution is 7.92. The third kappa shape index (κ3) is 8.72. The van der Waals surface area contributed by atoms with Gasteiger partial charge in [0, 0.05) is 29.1 Å². The van der Waals surface area contributed by atoms with Gasteiger partial charge in [0.1, 0.15) is 12.6 Å². The number of amides is 2. The van der Waals surface area contributed by atoms with E-state index in [9.17, 15) is 18.0 Å². The van der Waals surface area contributed by atoms with E-state index in [1.54, 1.807) is 0 Å². The maximum absolute atomic E-state index is 14.3. The molecule has 1 N–H and O–H groups in total. The van der Waals surface area contributed by atoms with Crippen molar-refractivity contribution in [3.05, 3.63) is 99.5 Å². The van der Waals surface area contributed by atoms with Crippen LogP contribution in [0, 0.1) is 6.92 Å². The Kier molecular flexibility index (Phi) is 10.9. The molecule has 10 heteroatoms. The van der Waals surface area contributed by atoms with Gasteiger partial charge in [-0.15, -0.1) is 0 Å². The Balaban J connectivity index is 1.74. The molecule has 3 aromatic carbocycles. The summed E-state index contributed by atoms with van der Waals surface area (Å²) in [5.41, 5.74) is 2.89. The molecule has 0 saturated heterocycles. The van der Waals surface area contributed by atoms with E-state index in [0.717, 1.165) is 59.4 Å². The Hall–Kier alpha value is -3.07.